The second-order valence-corrected chi connectivity index (χ2v) is 7.71. The summed E-state index contributed by atoms with van der Waals surface area (Å²) >= 11 is 0. The summed E-state index contributed by atoms with van der Waals surface area (Å²) in [7, 11) is 0. The van der Waals surface area contributed by atoms with Crippen molar-refractivity contribution in [1.29, 1.82) is 0 Å². The van der Waals surface area contributed by atoms with Gasteiger partial charge in [-0.2, -0.15) is 5.10 Å². The third-order valence-corrected chi connectivity index (χ3v) is 5.64. The van der Waals surface area contributed by atoms with Crippen LogP contribution < -0.4 is 10.6 Å². The molecule has 2 fully saturated rings. The molecule has 2 N–H and O–H groups in total. The number of likely N-dealkylation sites (tertiary alicyclic amines) is 1. The zero-order valence-corrected chi connectivity index (χ0v) is 15.8. The van der Waals surface area contributed by atoms with Crippen LogP contribution in [0, 0.1) is 5.92 Å². The van der Waals surface area contributed by atoms with Gasteiger partial charge in [-0.1, -0.05) is 6.07 Å². The van der Waals surface area contributed by atoms with Gasteiger partial charge in [-0.3, -0.25) is 15.2 Å². The van der Waals surface area contributed by atoms with Crippen molar-refractivity contribution in [3.8, 4) is 0 Å². The minimum Gasteiger partial charge on any atom is -0.335 e. The third kappa shape index (κ3) is 4.66. The molecule has 4 rings (SSSR count). The van der Waals surface area contributed by atoms with E-state index in [4.69, 9.17) is 0 Å². The quantitative estimate of drug-likeness (QED) is 0.822. The molecule has 2 aromatic rings. The maximum absolute atomic E-state index is 12.4. The van der Waals surface area contributed by atoms with Gasteiger partial charge in [0.25, 0.3) is 0 Å². The van der Waals surface area contributed by atoms with Gasteiger partial charge in [-0.15, -0.1) is 0 Å². The van der Waals surface area contributed by atoms with Crippen molar-refractivity contribution in [3.05, 3.63) is 42.4 Å². The summed E-state index contributed by atoms with van der Waals surface area (Å²) in [5.74, 6) is 1.47. The highest BCUT2D eigenvalue weighted by Crippen LogP contribution is 2.40. The number of carbonyl (C=O) groups is 1. The Morgan fingerprint density at radius 2 is 2.00 bits per heavy atom. The Morgan fingerprint density at radius 3 is 2.70 bits per heavy atom. The molecule has 1 saturated heterocycles. The van der Waals surface area contributed by atoms with E-state index in [1.165, 1.54) is 12.8 Å². The first-order valence-corrected chi connectivity index (χ1v) is 9.92. The number of pyridine rings is 1. The van der Waals surface area contributed by atoms with Crippen LogP contribution in [0.1, 0.15) is 44.3 Å². The maximum atomic E-state index is 12.4. The summed E-state index contributed by atoms with van der Waals surface area (Å²) in [5, 5.41) is 10.5. The fraction of sp³-hybridized carbons (Fsp3) is 0.550. The van der Waals surface area contributed by atoms with Crippen LogP contribution >= 0.6 is 0 Å². The molecule has 2 amide bonds. The minimum absolute atomic E-state index is 0.136. The number of piperidine rings is 1. The van der Waals surface area contributed by atoms with Gasteiger partial charge in [0.2, 0.25) is 0 Å². The predicted octanol–water partition coefficient (Wildman–Crippen LogP) is 3.04. The fourth-order valence-electron chi connectivity index (χ4n) is 3.81. The first kappa shape index (κ1) is 18.0. The van der Waals surface area contributed by atoms with Gasteiger partial charge in [0, 0.05) is 37.9 Å². The number of amides is 2. The van der Waals surface area contributed by atoms with E-state index in [0.717, 1.165) is 44.0 Å². The highest BCUT2D eigenvalue weighted by Gasteiger charge is 2.31. The van der Waals surface area contributed by atoms with E-state index in [2.05, 4.69) is 38.6 Å². The Labute approximate surface area is 160 Å². The number of hydrogen-bond acceptors (Lipinski definition) is 4. The molecule has 1 atom stereocenters. The first-order valence-electron chi connectivity index (χ1n) is 9.92. The molecule has 1 aliphatic heterocycles. The van der Waals surface area contributed by atoms with Gasteiger partial charge in [0.15, 0.2) is 0 Å². The molecule has 0 unspecified atom stereocenters. The van der Waals surface area contributed by atoms with Gasteiger partial charge in [0.1, 0.15) is 5.82 Å². The van der Waals surface area contributed by atoms with Crippen molar-refractivity contribution in [1.82, 2.24) is 25.0 Å². The van der Waals surface area contributed by atoms with Crippen molar-refractivity contribution in [2.45, 2.75) is 51.2 Å². The Bertz CT molecular complexity index is 749. The summed E-state index contributed by atoms with van der Waals surface area (Å²) in [5.41, 5.74) is 1.10. The fourth-order valence-corrected chi connectivity index (χ4v) is 3.81. The number of urea groups is 1. The molecular weight excluding hydrogens is 340 g/mol. The van der Waals surface area contributed by atoms with E-state index in [1.807, 2.05) is 29.1 Å². The van der Waals surface area contributed by atoms with Crippen molar-refractivity contribution in [2.24, 2.45) is 5.92 Å². The lowest BCUT2D eigenvalue weighted by Gasteiger charge is -2.32. The number of carbonyl (C=O) groups excluding carboxylic acids is 1. The van der Waals surface area contributed by atoms with Crippen LogP contribution in [0.4, 0.5) is 10.6 Å². The lowest BCUT2D eigenvalue weighted by Crippen LogP contribution is -2.45. The molecule has 144 valence electrons. The van der Waals surface area contributed by atoms with E-state index in [-0.39, 0.29) is 12.1 Å². The molecule has 1 aliphatic carbocycles. The molecule has 0 bridgehead atoms. The summed E-state index contributed by atoms with van der Waals surface area (Å²) < 4.78 is 1.94. The summed E-state index contributed by atoms with van der Waals surface area (Å²) in [4.78, 5) is 19.2. The van der Waals surface area contributed by atoms with Crippen molar-refractivity contribution < 1.29 is 4.79 Å². The predicted molar refractivity (Wildman–Crippen MR) is 104 cm³/mol. The molecule has 0 radical (unpaired) electrons. The van der Waals surface area contributed by atoms with E-state index in [9.17, 15) is 4.79 Å². The lowest BCUT2D eigenvalue weighted by atomic mass is 10.1. The molecule has 2 aliphatic rings. The zero-order valence-electron chi connectivity index (χ0n) is 15.8. The second kappa shape index (κ2) is 8.08. The van der Waals surface area contributed by atoms with E-state index in [0.29, 0.717) is 12.0 Å². The van der Waals surface area contributed by atoms with Crippen LogP contribution in [0.25, 0.3) is 0 Å². The van der Waals surface area contributed by atoms with Crippen molar-refractivity contribution in [2.75, 3.05) is 18.4 Å². The molecule has 7 heteroatoms. The van der Waals surface area contributed by atoms with Gasteiger partial charge >= 0.3 is 6.03 Å². The van der Waals surface area contributed by atoms with Gasteiger partial charge in [0.05, 0.1) is 17.9 Å². The Morgan fingerprint density at radius 1 is 1.19 bits per heavy atom. The molecule has 2 aromatic heterocycles. The Balaban J connectivity index is 1.23. The van der Waals surface area contributed by atoms with E-state index in [1.54, 1.807) is 6.20 Å². The standard InChI is InChI=1S/C20H28N6O/c1-15(16-5-6-16)26-19(7-11-22-26)24-20(27)23-17-8-12-25(13-9-17)14-18-4-2-3-10-21-18/h2-4,7,10-11,15-17H,5-6,8-9,12-14H2,1H3,(H2,23,24,27)/t15-/m1/s1. The topological polar surface area (TPSA) is 75.1 Å². The second-order valence-electron chi connectivity index (χ2n) is 7.71. The number of nitrogens with one attached hydrogen (secondary N) is 2. The number of hydrogen-bond donors (Lipinski definition) is 2. The van der Waals surface area contributed by atoms with Gasteiger partial charge < -0.3 is 5.32 Å². The van der Waals surface area contributed by atoms with Crippen molar-refractivity contribution in [3.63, 3.8) is 0 Å². The molecule has 0 aromatic carbocycles. The zero-order chi connectivity index (χ0) is 18.6. The highest BCUT2D eigenvalue weighted by atomic mass is 16.2. The Kier molecular flexibility index (Phi) is 5.38. The minimum atomic E-state index is -0.136. The van der Waals surface area contributed by atoms with Crippen LogP contribution in [-0.4, -0.2) is 44.8 Å². The first-order chi connectivity index (χ1) is 13.2. The maximum Gasteiger partial charge on any atom is 0.320 e. The van der Waals surface area contributed by atoms with Gasteiger partial charge in [-0.25, -0.2) is 9.48 Å². The molecule has 1 saturated carbocycles. The van der Waals surface area contributed by atoms with Gasteiger partial charge in [-0.05, 0) is 50.7 Å². The van der Waals surface area contributed by atoms with E-state index < -0.39 is 0 Å². The summed E-state index contributed by atoms with van der Waals surface area (Å²) in [6, 6.07) is 8.30. The molecule has 3 heterocycles. The van der Waals surface area contributed by atoms with Crippen LogP contribution in [0.3, 0.4) is 0 Å². The van der Waals surface area contributed by atoms with Crippen LogP contribution in [-0.2, 0) is 6.54 Å². The summed E-state index contributed by atoms with van der Waals surface area (Å²) in [6.07, 6.45) is 8.01. The van der Waals surface area contributed by atoms with Crippen LogP contribution in [0.5, 0.6) is 0 Å². The smallest absolute Gasteiger partial charge is 0.320 e. The molecule has 7 nitrogen and oxygen atoms in total. The van der Waals surface area contributed by atoms with Crippen LogP contribution in [0.15, 0.2) is 36.7 Å². The molecular formula is C20H28N6O. The third-order valence-electron chi connectivity index (χ3n) is 5.64. The average molecular weight is 368 g/mol. The lowest BCUT2D eigenvalue weighted by molar-refractivity contribution is 0.188. The number of aromatic nitrogens is 3. The number of anilines is 1. The highest BCUT2D eigenvalue weighted by molar-refractivity contribution is 5.88. The largest absolute Gasteiger partial charge is 0.335 e. The number of rotatable bonds is 6. The van der Waals surface area contributed by atoms with Crippen LogP contribution in [0.2, 0.25) is 0 Å². The molecule has 0 spiro atoms. The Hall–Kier alpha value is -2.41. The average Bonchev–Trinajstić information content (AvgIpc) is 3.43. The SMILES string of the molecule is C[C@H](C1CC1)n1nccc1NC(=O)NC1CCN(Cc2ccccn2)CC1. The normalized spacial score (nSPS) is 19.6. The van der Waals surface area contributed by atoms with E-state index >= 15 is 0 Å². The molecule has 27 heavy (non-hydrogen) atoms. The monoisotopic (exact) mass is 368 g/mol. The summed E-state index contributed by atoms with van der Waals surface area (Å²) in [6.45, 7) is 4.99. The number of nitrogens with zero attached hydrogens (tertiary/aromatic N) is 4. The van der Waals surface area contributed by atoms with Crippen molar-refractivity contribution >= 4 is 11.8 Å².